The van der Waals surface area contributed by atoms with Gasteiger partial charge in [-0.15, -0.1) is 0 Å². The van der Waals surface area contributed by atoms with Crippen LogP contribution in [0.5, 0.6) is 0 Å². The molecule has 0 spiro atoms. The molecule has 2 aromatic rings. The molecule has 0 bridgehead atoms. The van der Waals surface area contributed by atoms with Crippen LogP contribution in [0.3, 0.4) is 0 Å². The van der Waals surface area contributed by atoms with Crippen molar-refractivity contribution in [1.29, 1.82) is 0 Å². The maximum Gasteiger partial charge on any atom is 0.326 e. The summed E-state index contributed by atoms with van der Waals surface area (Å²) in [5.41, 5.74) is 0.304. The van der Waals surface area contributed by atoms with E-state index < -0.39 is 38.8 Å². The molecule has 0 saturated carbocycles. The van der Waals surface area contributed by atoms with Crippen molar-refractivity contribution in [1.82, 2.24) is 4.90 Å². The zero-order chi connectivity index (χ0) is 21.3. The SMILES string of the molecule is O=C(O)[C@@H]1C[C@@H](S(=O)(=O)c2ccccc2Cl)CN1C(=O)Cc1ccc(Cl)c(F)c1. The van der Waals surface area contributed by atoms with Gasteiger partial charge in [0, 0.05) is 6.54 Å². The number of likely N-dealkylation sites (tertiary alicyclic amines) is 1. The van der Waals surface area contributed by atoms with Gasteiger partial charge in [-0.25, -0.2) is 17.6 Å². The van der Waals surface area contributed by atoms with Crippen LogP contribution in [-0.2, 0) is 25.8 Å². The molecule has 1 heterocycles. The van der Waals surface area contributed by atoms with E-state index >= 15 is 0 Å². The number of carboxylic acids is 1. The molecule has 1 saturated heterocycles. The van der Waals surface area contributed by atoms with Gasteiger partial charge in [0.25, 0.3) is 0 Å². The first-order valence-electron chi connectivity index (χ1n) is 8.56. The fraction of sp³-hybridized carbons (Fsp3) is 0.263. The third-order valence-electron chi connectivity index (χ3n) is 4.79. The number of sulfone groups is 1. The van der Waals surface area contributed by atoms with E-state index in [1.54, 1.807) is 6.07 Å². The van der Waals surface area contributed by atoms with Crippen LogP contribution in [-0.4, -0.2) is 48.1 Å². The molecule has 154 valence electrons. The summed E-state index contributed by atoms with van der Waals surface area (Å²) in [5.74, 6) is -2.62. The highest BCUT2D eigenvalue weighted by atomic mass is 35.5. The Kier molecular flexibility index (Phi) is 6.16. The predicted molar refractivity (Wildman–Crippen MR) is 105 cm³/mol. The van der Waals surface area contributed by atoms with Crippen LogP contribution in [0.1, 0.15) is 12.0 Å². The highest BCUT2D eigenvalue weighted by Gasteiger charge is 2.45. The lowest BCUT2D eigenvalue weighted by Gasteiger charge is -2.21. The molecule has 0 aromatic heterocycles. The molecule has 0 radical (unpaired) electrons. The van der Waals surface area contributed by atoms with Gasteiger partial charge in [0.2, 0.25) is 5.91 Å². The number of halogens is 3. The number of carbonyl (C=O) groups is 2. The average molecular weight is 460 g/mol. The van der Waals surface area contributed by atoms with Gasteiger partial charge in [-0.05, 0) is 36.2 Å². The number of rotatable bonds is 5. The minimum absolute atomic E-state index is 0.0285. The van der Waals surface area contributed by atoms with Gasteiger partial charge in [0.1, 0.15) is 11.9 Å². The van der Waals surface area contributed by atoms with Crippen molar-refractivity contribution in [2.75, 3.05) is 6.54 Å². The molecule has 3 rings (SSSR count). The lowest BCUT2D eigenvalue weighted by Crippen LogP contribution is -2.41. The molecule has 2 aromatic carbocycles. The minimum Gasteiger partial charge on any atom is -0.480 e. The fourth-order valence-electron chi connectivity index (χ4n) is 3.31. The number of amides is 1. The Morgan fingerprint density at radius 3 is 2.45 bits per heavy atom. The molecule has 1 fully saturated rings. The van der Waals surface area contributed by atoms with E-state index in [1.807, 2.05) is 0 Å². The van der Waals surface area contributed by atoms with Crippen molar-refractivity contribution in [3.8, 4) is 0 Å². The van der Waals surface area contributed by atoms with Crippen molar-refractivity contribution < 1.29 is 27.5 Å². The van der Waals surface area contributed by atoms with E-state index in [2.05, 4.69) is 0 Å². The number of hydrogen-bond donors (Lipinski definition) is 1. The molecule has 1 aliphatic heterocycles. The zero-order valence-electron chi connectivity index (χ0n) is 14.9. The highest BCUT2D eigenvalue weighted by molar-refractivity contribution is 7.92. The predicted octanol–water partition coefficient (Wildman–Crippen LogP) is 3.20. The first-order chi connectivity index (χ1) is 13.6. The van der Waals surface area contributed by atoms with Crippen molar-refractivity contribution in [3.63, 3.8) is 0 Å². The van der Waals surface area contributed by atoms with Crippen LogP contribution in [0.25, 0.3) is 0 Å². The van der Waals surface area contributed by atoms with Crippen molar-refractivity contribution in [3.05, 3.63) is 63.9 Å². The monoisotopic (exact) mass is 459 g/mol. The molecule has 1 aliphatic rings. The van der Waals surface area contributed by atoms with E-state index in [1.165, 1.54) is 30.3 Å². The maximum absolute atomic E-state index is 13.6. The summed E-state index contributed by atoms with van der Waals surface area (Å²) in [6, 6.07) is 8.39. The maximum atomic E-state index is 13.6. The van der Waals surface area contributed by atoms with Crippen LogP contribution >= 0.6 is 23.2 Å². The van der Waals surface area contributed by atoms with Crippen LogP contribution in [0.15, 0.2) is 47.4 Å². The summed E-state index contributed by atoms with van der Waals surface area (Å²) >= 11 is 11.6. The third kappa shape index (κ3) is 4.39. The first-order valence-corrected chi connectivity index (χ1v) is 10.9. The zero-order valence-corrected chi connectivity index (χ0v) is 17.2. The van der Waals surface area contributed by atoms with Crippen molar-refractivity contribution >= 4 is 44.9 Å². The van der Waals surface area contributed by atoms with Crippen molar-refractivity contribution in [2.45, 2.75) is 29.0 Å². The molecule has 1 amide bonds. The number of carbonyl (C=O) groups excluding carboxylic acids is 1. The van der Waals surface area contributed by atoms with Gasteiger partial charge < -0.3 is 10.0 Å². The van der Waals surface area contributed by atoms with Crippen LogP contribution < -0.4 is 0 Å². The Morgan fingerprint density at radius 2 is 1.83 bits per heavy atom. The van der Waals surface area contributed by atoms with Gasteiger partial charge >= 0.3 is 5.97 Å². The van der Waals surface area contributed by atoms with Crippen LogP contribution in [0.2, 0.25) is 10.0 Å². The Balaban J connectivity index is 1.85. The summed E-state index contributed by atoms with van der Waals surface area (Å²) in [4.78, 5) is 25.2. The molecular weight excluding hydrogens is 444 g/mol. The molecule has 6 nitrogen and oxygen atoms in total. The summed E-state index contributed by atoms with van der Waals surface area (Å²) < 4.78 is 39.5. The molecule has 10 heteroatoms. The Labute approximate surface area is 176 Å². The third-order valence-corrected chi connectivity index (χ3v) is 7.73. The fourth-order valence-corrected chi connectivity index (χ4v) is 5.65. The van der Waals surface area contributed by atoms with Gasteiger partial charge in [-0.2, -0.15) is 0 Å². The van der Waals surface area contributed by atoms with E-state index in [4.69, 9.17) is 23.2 Å². The molecule has 2 atom stereocenters. The second kappa shape index (κ2) is 8.30. The van der Waals surface area contributed by atoms with E-state index in [9.17, 15) is 27.5 Å². The van der Waals surface area contributed by atoms with Gasteiger partial charge in [0.15, 0.2) is 9.84 Å². The topological polar surface area (TPSA) is 91.8 Å². The summed E-state index contributed by atoms with van der Waals surface area (Å²) in [6.07, 6.45) is -0.541. The van der Waals surface area contributed by atoms with Gasteiger partial charge in [-0.3, -0.25) is 4.79 Å². The lowest BCUT2D eigenvalue weighted by atomic mass is 10.1. The second-order valence-electron chi connectivity index (χ2n) is 6.66. The average Bonchev–Trinajstić information content (AvgIpc) is 3.12. The van der Waals surface area contributed by atoms with E-state index in [0.717, 1.165) is 11.0 Å². The number of nitrogens with zero attached hydrogens (tertiary/aromatic N) is 1. The molecular formula is C19H16Cl2FNO5S. The summed E-state index contributed by atoms with van der Waals surface area (Å²) in [6.45, 7) is -0.292. The number of carboxylic acid groups (broad SMARTS) is 1. The summed E-state index contributed by atoms with van der Waals surface area (Å²) in [7, 11) is -3.95. The lowest BCUT2D eigenvalue weighted by molar-refractivity contribution is -0.148. The van der Waals surface area contributed by atoms with Gasteiger partial charge in [0.05, 0.1) is 26.6 Å². The van der Waals surface area contributed by atoms with Crippen LogP contribution in [0, 0.1) is 5.82 Å². The quantitative estimate of drug-likeness (QED) is 0.740. The number of benzene rings is 2. The Morgan fingerprint density at radius 1 is 1.14 bits per heavy atom. The smallest absolute Gasteiger partial charge is 0.326 e. The van der Waals surface area contributed by atoms with Crippen molar-refractivity contribution in [2.24, 2.45) is 0 Å². The second-order valence-corrected chi connectivity index (χ2v) is 9.67. The largest absolute Gasteiger partial charge is 0.480 e. The molecule has 0 unspecified atom stereocenters. The molecule has 0 aliphatic carbocycles. The minimum atomic E-state index is -3.95. The standard InChI is InChI=1S/C19H16Cl2FNO5S/c20-13-6-5-11(7-15(13)22)8-18(24)23-10-12(9-16(23)19(25)26)29(27,28)17-4-2-1-3-14(17)21/h1-7,12,16H,8-10H2,(H,25,26)/t12-,16+/m1/s1. The van der Waals surface area contributed by atoms with Crippen LogP contribution in [0.4, 0.5) is 4.39 Å². The summed E-state index contributed by atoms with van der Waals surface area (Å²) in [5, 5.41) is 8.31. The van der Waals surface area contributed by atoms with Gasteiger partial charge in [-0.1, -0.05) is 41.4 Å². The van der Waals surface area contributed by atoms with E-state index in [0.29, 0.717) is 5.56 Å². The Bertz CT molecular complexity index is 1080. The number of aliphatic carboxylic acids is 1. The van der Waals surface area contributed by atoms with E-state index in [-0.39, 0.29) is 34.3 Å². The molecule has 29 heavy (non-hydrogen) atoms. The first kappa shape index (κ1) is 21.5. The molecule has 1 N–H and O–H groups in total. The highest BCUT2D eigenvalue weighted by Crippen LogP contribution is 2.32. The normalized spacial score (nSPS) is 19.3. The number of hydrogen-bond acceptors (Lipinski definition) is 4. The Hall–Kier alpha value is -2.16.